The van der Waals surface area contributed by atoms with Gasteiger partial charge in [-0.1, -0.05) is 31.5 Å². The van der Waals surface area contributed by atoms with Gasteiger partial charge in [-0.25, -0.2) is 4.79 Å². The molecule has 0 amide bonds. The third-order valence-electron chi connectivity index (χ3n) is 2.81. The first-order valence-electron chi connectivity index (χ1n) is 6.05. The number of para-hydroxylation sites is 1. The van der Waals surface area contributed by atoms with Crippen LogP contribution in [0.5, 0.6) is 0 Å². The van der Waals surface area contributed by atoms with Crippen LogP contribution < -0.4 is 5.32 Å². The number of nitrogens with zero attached hydrogens (tertiary/aromatic N) is 1. The molecule has 0 aliphatic rings. The maximum Gasteiger partial charge on any atom is 0.326 e. The van der Waals surface area contributed by atoms with Crippen LogP contribution in [0.2, 0.25) is 0 Å². The van der Waals surface area contributed by atoms with E-state index in [0.29, 0.717) is 6.42 Å². The van der Waals surface area contributed by atoms with E-state index in [1.165, 1.54) is 0 Å². The van der Waals surface area contributed by atoms with E-state index in [4.69, 9.17) is 5.11 Å². The maximum atomic E-state index is 11.1. The van der Waals surface area contributed by atoms with Crippen LogP contribution in [0.4, 0.5) is 5.69 Å². The van der Waals surface area contributed by atoms with E-state index < -0.39 is 12.0 Å². The number of anilines is 1. The third kappa shape index (κ3) is 2.77. The van der Waals surface area contributed by atoms with Gasteiger partial charge in [-0.3, -0.25) is 4.98 Å². The molecule has 0 radical (unpaired) electrons. The number of carbonyl (C=O) groups is 1. The van der Waals surface area contributed by atoms with E-state index in [2.05, 4.69) is 10.3 Å². The summed E-state index contributed by atoms with van der Waals surface area (Å²) in [5.74, 6) is -0.829. The number of rotatable bonds is 5. The van der Waals surface area contributed by atoms with E-state index in [-0.39, 0.29) is 0 Å². The van der Waals surface area contributed by atoms with Crippen LogP contribution in [0.25, 0.3) is 10.9 Å². The second kappa shape index (κ2) is 5.49. The predicted octanol–water partition coefficient (Wildman–Crippen LogP) is 2.90. The summed E-state index contributed by atoms with van der Waals surface area (Å²) >= 11 is 0. The van der Waals surface area contributed by atoms with Gasteiger partial charge in [0.05, 0.1) is 17.4 Å². The molecule has 4 heteroatoms. The average Bonchev–Trinajstić information content (AvgIpc) is 2.38. The van der Waals surface area contributed by atoms with E-state index in [0.717, 1.165) is 23.0 Å². The number of nitrogens with one attached hydrogen (secondary N) is 1. The van der Waals surface area contributed by atoms with Gasteiger partial charge in [-0.2, -0.15) is 0 Å². The van der Waals surface area contributed by atoms with Crippen molar-refractivity contribution in [1.82, 2.24) is 4.98 Å². The van der Waals surface area contributed by atoms with Crippen LogP contribution in [0.15, 0.2) is 36.5 Å². The average molecular weight is 244 g/mol. The number of hydrogen-bond acceptors (Lipinski definition) is 3. The molecule has 2 rings (SSSR count). The second-order valence-electron chi connectivity index (χ2n) is 4.24. The monoisotopic (exact) mass is 244 g/mol. The Morgan fingerprint density at radius 2 is 2.22 bits per heavy atom. The molecule has 2 aromatic rings. The van der Waals surface area contributed by atoms with Gasteiger partial charge in [-0.15, -0.1) is 0 Å². The fourth-order valence-electron chi connectivity index (χ4n) is 1.90. The van der Waals surface area contributed by atoms with E-state index in [1.54, 1.807) is 6.20 Å². The van der Waals surface area contributed by atoms with E-state index in [9.17, 15) is 4.79 Å². The summed E-state index contributed by atoms with van der Waals surface area (Å²) in [6, 6.07) is 9.13. The van der Waals surface area contributed by atoms with Gasteiger partial charge in [0.25, 0.3) is 0 Å². The van der Waals surface area contributed by atoms with Crippen molar-refractivity contribution in [2.75, 3.05) is 5.32 Å². The lowest BCUT2D eigenvalue weighted by atomic mass is 10.1. The molecular formula is C14H16N2O2. The van der Waals surface area contributed by atoms with Gasteiger partial charge in [0.2, 0.25) is 0 Å². The summed E-state index contributed by atoms with van der Waals surface area (Å²) in [6.45, 7) is 1.97. The lowest BCUT2D eigenvalue weighted by Gasteiger charge is -2.14. The van der Waals surface area contributed by atoms with Crippen molar-refractivity contribution >= 4 is 22.6 Å². The summed E-state index contributed by atoms with van der Waals surface area (Å²) in [4.78, 5) is 15.4. The first-order valence-corrected chi connectivity index (χ1v) is 6.05. The highest BCUT2D eigenvalue weighted by molar-refractivity contribution is 5.83. The minimum atomic E-state index is -0.829. The van der Waals surface area contributed by atoms with Crippen LogP contribution in [0.1, 0.15) is 19.8 Å². The fraction of sp³-hybridized carbons (Fsp3) is 0.286. The van der Waals surface area contributed by atoms with Gasteiger partial charge in [0, 0.05) is 5.39 Å². The minimum absolute atomic E-state index is 0.557. The lowest BCUT2D eigenvalue weighted by molar-refractivity contribution is -0.138. The van der Waals surface area contributed by atoms with Crippen molar-refractivity contribution in [3.8, 4) is 0 Å². The Morgan fingerprint density at radius 3 is 2.94 bits per heavy atom. The van der Waals surface area contributed by atoms with Gasteiger partial charge < -0.3 is 10.4 Å². The zero-order chi connectivity index (χ0) is 13.0. The molecular weight excluding hydrogens is 228 g/mol. The SMILES string of the molecule is CCCC(Nc1cnc2ccccc2c1)C(=O)O. The second-order valence-corrected chi connectivity index (χ2v) is 4.24. The number of fused-ring (bicyclic) bond motifs is 1. The Bertz CT molecular complexity index is 554. The van der Waals surface area contributed by atoms with Gasteiger partial charge in [0.1, 0.15) is 6.04 Å². The Morgan fingerprint density at radius 1 is 1.44 bits per heavy atom. The molecule has 2 N–H and O–H groups in total. The van der Waals surface area contributed by atoms with Crippen LogP contribution in [0.3, 0.4) is 0 Å². The van der Waals surface area contributed by atoms with Gasteiger partial charge >= 0.3 is 5.97 Å². The Kier molecular flexibility index (Phi) is 3.77. The maximum absolute atomic E-state index is 11.1. The predicted molar refractivity (Wildman–Crippen MR) is 71.7 cm³/mol. The molecule has 94 valence electrons. The Hall–Kier alpha value is -2.10. The van der Waals surface area contributed by atoms with E-state index in [1.807, 2.05) is 37.3 Å². The molecule has 0 fully saturated rings. The third-order valence-corrected chi connectivity index (χ3v) is 2.81. The molecule has 1 atom stereocenters. The van der Waals surface area contributed by atoms with Crippen LogP contribution >= 0.6 is 0 Å². The first-order chi connectivity index (χ1) is 8.70. The molecule has 0 bridgehead atoms. The van der Waals surface area contributed by atoms with Crippen LogP contribution in [0, 0.1) is 0 Å². The number of carboxylic acid groups (broad SMARTS) is 1. The molecule has 0 saturated heterocycles. The molecule has 1 heterocycles. The highest BCUT2D eigenvalue weighted by atomic mass is 16.4. The Balaban J connectivity index is 2.22. The summed E-state index contributed by atoms with van der Waals surface area (Å²) < 4.78 is 0. The molecule has 1 unspecified atom stereocenters. The number of aromatic nitrogens is 1. The lowest BCUT2D eigenvalue weighted by Crippen LogP contribution is -2.28. The fourth-order valence-corrected chi connectivity index (χ4v) is 1.90. The van der Waals surface area contributed by atoms with Crippen LogP contribution in [-0.4, -0.2) is 22.1 Å². The summed E-state index contributed by atoms with van der Waals surface area (Å²) in [6.07, 6.45) is 3.10. The van der Waals surface area contributed by atoms with Crippen molar-refractivity contribution in [1.29, 1.82) is 0 Å². The number of aliphatic carboxylic acids is 1. The molecule has 4 nitrogen and oxygen atoms in total. The largest absolute Gasteiger partial charge is 0.480 e. The number of carboxylic acids is 1. The molecule has 0 aliphatic heterocycles. The highest BCUT2D eigenvalue weighted by Crippen LogP contribution is 2.17. The van der Waals surface area contributed by atoms with Crippen molar-refractivity contribution in [3.05, 3.63) is 36.5 Å². The standard InChI is InChI=1S/C14H16N2O2/c1-2-5-13(14(17)18)16-11-8-10-6-3-4-7-12(10)15-9-11/h3-4,6-9,13,16H,2,5H2,1H3,(H,17,18). The smallest absolute Gasteiger partial charge is 0.326 e. The summed E-state index contributed by atoms with van der Waals surface area (Å²) in [7, 11) is 0. The topological polar surface area (TPSA) is 62.2 Å². The quantitative estimate of drug-likeness (QED) is 0.849. The normalized spacial score (nSPS) is 12.3. The molecule has 0 aliphatic carbocycles. The van der Waals surface area contributed by atoms with Crippen molar-refractivity contribution < 1.29 is 9.90 Å². The molecule has 1 aromatic heterocycles. The molecule has 0 saturated carbocycles. The highest BCUT2D eigenvalue weighted by Gasteiger charge is 2.15. The van der Waals surface area contributed by atoms with Crippen molar-refractivity contribution in [2.45, 2.75) is 25.8 Å². The van der Waals surface area contributed by atoms with Crippen molar-refractivity contribution in [2.24, 2.45) is 0 Å². The summed E-state index contributed by atoms with van der Waals surface area (Å²) in [5.41, 5.74) is 1.65. The minimum Gasteiger partial charge on any atom is -0.480 e. The first kappa shape index (κ1) is 12.4. The summed E-state index contributed by atoms with van der Waals surface area (Å²) in [5, 5.41) is 13.1. The van der Waals surface area contributed by atoms with Gasteiger partial charge in [0.15, 0.2) is 0 Å². The van der Waals surface area contributed by atoms with Crippen LogP contribution in [-0.2, 0) is 4.79 Å². The zero-order valence-electron chi connectivity index (χ0n) is 10.3. The van der Waals surface area contributed by atoms with Crippen molar-refractivity contribution in [3.63, 3.8) is 0 Å². The van der Waals surface area contributed by atoms with E-state index >= 15 is 0 Å². The van der Waals surface area contributed by atoms with Gasteiger partial charge in [-0.05, 0) is 18.6 Å². The number of pyridine rings is 1. The number of benzene rings is 1. The number of hydrogen-bond donors (Lipinski definition) is 2. The molecule has 1 aromatic carbocycles. The molecule has 18 heavy (non-hydrogen) atoms. The Labute approximate surface area is 106 Å². The molecule has 0 spiro atoms. The zero-order valence-corrected chi connectivity index (χ0v) is 10.3.